The van der Waals surface area contributed by atoms with E-state index in [1.165, 1.54) is 35.4 Å². The maximum atomic E-state index is 13.2. The molecule has 2 heterocycles. The largest absolute Gasteiger partial charge is 0.324 e. The monoisotopic (exact) mass is 439 g/mol. The highest BCUT2D eigenvalue weighted by Gasteiger charge is 2.26. The van der Waals surface area contributed by atoms with Crippen LogP contribution in [0.15, 0.2) is 78.9 Å². The first-order valence-electron chi connectivity index (χ1n) is 10.6. The van der Waals surface area contributed by atoms with Crippen molar-refractivity contribution < 1.29 is 9.18 Å². The number of hydrogen-bond acceptors (Lipinski definition) is 4. The van der Waals surface area contributed by atoms with E-state index in [1.54, 1.807) is 4.68 Å². The van der Waals surface area contributed by atoms with Crippen LogP contribution < -0.4 is 10.6 Å². The number of nitrogens with zero attached hydrogens (tertiary/aromatic N) is 3. The smallest absolute Gasteiger partial charge is 0.258 e. The van der Waals surface area contributed by atoms with Crippen molar-refractivity contribution in [3.63, 3.8) is 0 Å². The first kappa shape index (κ1) is 20.6. The van der Waals surface area contributed by atoms with E-state index in [2.05, 4.69) is 75.3 Å². The van der Waals surface area contributed by atoms with Gasteiger partial charge in [0.2, 0.25) is 5.95 Å². The van der Waals surface area contributed by atoms with Crippen molar-refractivity contribution in [1.82, 2.24) is 14.8 Å². The fraction of sp³-hybridized carbons (Fsp3) is 0.115. The highest BCUT2D eigenvalue weighted by Crippen LogP contribution is 2.33. The number of allylic oxidation sites excluding steroid dienone is 1. The standard InChI is InChI=1S/C26H22FN5O/c1-16-3-7-18(8-4-16)22-15-23(19-9-5-17(2)6-10-19)32-26(28-22)30-25(31-32)29-24(33)20-11-13-21(27)14-12-20/h3-15,23H,1-2H3,(H2,28,29,30,31,33)/t23-/m0/s1. The molecule has 1 amide bonds. The average Bonchev–Trinajstić information content (AvgIpc) is 3.22. The average molecular weight is 439 g/mol. The molecule has 4 aromatic rings. The summed E-state index contributed by atoms with van der Waals surface area (Å²) < 4.78 is 14.9. The van der Waals surface area contributed by atoms with Crippen LogP contribution in [0.1, 0.15) is 38.7 Å². The topological polar surface area (TPSA) is 71.8 Å². The van der Waals surface area contributed by atoms with E-state index in [4.69, 9.17) is 0 Å². The third-order valence-corrected chi connectivity index (χ3v) is 5.58. The van der Waals surface area contributed by atoms with Crippen LogP contribution in [0.25, 0.3) is 5.70 Å². The Morgan fingerprint density at radius 2 is 1.58 bits per heavy atom. The first-order chi connectivity index (χ1) is 16.0. The molecule has 0 saturated carbocycles. The van der Waals surface area contributed by atoms with Gasteiger partial charge in [0, 0.05) is 11.3 Å². The SMILES string of the molecule is Cc1ccc(C2=C[C@@H](c3ccc(C)cc3)n3nc(NC(=O)c4ccc(F)cc4)nc3N2)cc1. The summed E-state index contributed by atoms with van der Waals surface area (Å²) in [5, 5.41) is 10.6. The maximum absolute atomic E-state index is 13.2. The molecule has 1 aliphatic heterocycles. The maximum Gasteiger partial charge on any atom is 0.258 e. The minimum atomic E-state index is -0.406. The molecule has 0 aliphatic carbocycles. The summed E-state index contributed by atoms with van der Waals surface area (Å²) in [6.45, 7) is 4.10. The van der Waals surface area contributed by atoms with Crippen molar-refractivity contribution in [3.05, 3.63) is 113 Å². The zero-order valence-electron chi connectivity index (χ0n) is 18.2. The molecule has 1 atom stereocenters. The van der Waals surface area contributed by atoms with Crippen molar-refractivity contribution in [2.75, 3.05) is 10.6 Å². The van der Waals surface area contributed by atoms with Gasteiger partial charge in [-0.1, -0.05) is 59.7 Å². The molecule has 0 radical (unpaired) electrons. The van der Waals surface area contributed by atoms with Gasteiger partial charge in [0.05, 0.1) is 0 Å². The van der Waals surface area contributed by atoms with E-state index in [0.717, 1.165) is 16.8 Å². The Labute approximate surface area is 190 Å². The number of aryl methyl sites for hydroxylation is 2. The number of nitrogens with one attached hydrogen (secondary N) is 2. The fourth-order valence-corrected chi connectivity index (χ4v) is 3.72. The molecule has 5 rings (SSSR count). The molecule has 164 valence electrons. The third kappa shape index (κ3) is 4.25. The summed E-state index contributed by atoms with van der Waals surface area (Å²) in [5.41, 5.74) is 5.67. The number of hydrogen-bond donors (Lipinski definition) is 2. The summed E-state index contributed by atoms with van der Waals surface area (Å²) in [6.07, 6.45) is 2.10. The van der Waals surface area contributed by atoms with Gasteiger partial charge in [-0.2, -0.15) is 4.98 Å². The van der Waals surface area contributed by atoms with Crippen LogP contribution in [0.3, 0.4) is 0 Å². The molecule has 3 aromatic carbocycles. The van der Waals surface area contributed by atoms with Crippen LogP contribution in [0.5, 0.6) is 0 Å². The molecule has 7 heteroatoms. The zero-order valence-corrected chi connectivity index (χ0v) is 18.2. The van der Waals surface area contributed by atoms with E-state index in [1.807, 2.05) is 13.8 Å². The molecule has 6 nitrogen and oxygen atoms in total. The second-order valence-corrected chi connectivity index (χ2v) is 8.09. The number of amides is 1. The summed E-state index contributed by atoms with van der Waals surface area (Å²) in [6, 6.07) is 21.6. The molecule has 0 bridgehead atoms. The Morgan fingerprint density at radius 3 is 2.24 bits per heavy atom. The predicted octanol–water partition coefficient (Wildman–Crippen LogP) is 5.34. The molecule has 1 aliphatic rings. The van der Waals surface area contributed by atoms with Gasteiger partial charge in [-0.3, -0.25) is 10.1 Å². The molecular formula is C26H22FN5O. The Bertz CT molecular complexity index is 1340. The van der Waals surface area contributed by atoms with E-state index in [0.29, 0.717) is 11.5 Å². The zero-order chi connectivity index (χ0) is 22.9. The fourth-order valence-electron chi connectivity index (χ4n) is 3.72. The molecule has 0 saturated heterocycles. The number of benzene rings is 3. The second kappa shape index (κ2) is 8.35. The van der Waals surface area contributed by atoms with E-state index in [-0.39, 0.29) is 12.0 Å². The molecule has 1 aromatic heterocycles. The van der Waals surface area contributed by atoms with Gasteiger partial charge in [-0.15, -0.1) is 5.10 Å². The number of aromatic nitrogens is 3. The molecule has 2 N–H and O–H groups in total. The van der Waals surface area contributed by atoms with Crippen LogP contribution in [0.2, 0.25) is 0 Å². The van der Waals surface area contributed by atoms with E-state index in [9.17, 15) is 9.18 Å². The summed E-state index contributed by atoms with van der Waals surface area (Å²) in [4.78, 5) is 17.1. The minimum Gasteiger partial charge on any atom is -0.324 e. The number of rotatable bonds is 4. The Kier molecular flexibility index (Phi) is 5.22. The minimum absolute atomic E-state index is 0.169. The van der Waals surface area contributed by atoms with Crippen molar-refractivity contribution in [1.29, 1.82) is 0 Å². The number of fused-ring (bicyclic) bond motifs is 1. The van der Waals surface area contributed by atoms with Crippen molar-refractivity contribution in [2.24, 2.45) is 0 Å². The number of halogens is 1. The van der Waals surface area contributed by atoms with Crippen LogP contribution in [-0.4, -0.2) is 20.7 Å². The van der Waals surface area contributed by atoms with Gasteiger partial charge in [-0.05, 0) is 55.3 Å². The van der Waals surface area contributed by atoms with Gasteiger partial charge < -0.3 is 5.32 Å². The van der Waals surface area contributed by atoms with Gasteiger partial charge in [0.25, 0.3) is 11.9 Å². The lowest BCUT2D eigenvalue weighted by molar-refractivity contribution is 0.102. The molecule has 0 unspecified atom stereocenters. The summed E-state index contributed by atoms with van der Waals surface area (Å²) >= 11 is 0. The number of carbonyl (C=O) groups is 1. The first-order valence-corrected chi connectivity index (χ1v) is 10.6. The van der Waals surface area contributed by atoms with Crippen LogP contribution in [-0.2, 0) is 0 Å². The summed E-state index contributed by atoms with van der Waals surface area (Å²) in [7, 11) is 0. The highest BCUT2D eigenvalue weighted by molar-refractivity contribution is 6.03. The quantitative estimate of drug-likeness (QED) is 0.450. The lowest BCUT2D eigenvalue weighted by atomic mass is 10.0. The van der Waals surface area contributed by atoms with E-state index >= 15 is 0 Å². The normalized spacial score (nSPS) is 14.8. The molecule has 0 fully saturated rings. The van der Waals surface area contributed by atoms with Gasteiger partial charge in [0.15, 0.2) is 0 Å². The molecule has 0 spiro atoms. The molecule has 33 heavy (non-hydrogen) atoms. The van der Waals surface area contributed by atoms with Crippen molar-refractivity contribution >= 4 is 23.5 Å². The lowest BCUT2D eigenvalue weighted by Crippen LogP contribution is -2.20. The highest BCUT2D eigenvalue weighted by atomic mass is 19.1. The lowest BCUT2D eigenvalue weighted by Gasteiger charge is -2.24. The number of anilines is 2. The van der Waals surface area contributed by atoms with Crippen molar-refractivity contribution in [2.45, 2.75) is 19.9 Å². The van der Waals surface area contributed by atoms with Crippen LogP contribution >= 0.6 is 0 Å². The molecular weight excluding hydrogens is 417 g/mol. The van der Waals surface area contributed by atoms with Gasteiger partial charge in [0.1, 0.15) is 11.9 Å². The van der Waals surface area contributed by atoms with Crippen LogP contribution in [0.4, 0.5) is 16.3 Å². The number of carbonyl (C=O) groups excluding carboxylic acids is 1. The predicted molar refractivity (Wildman–Crippen MR) is 126 cm³/mol. The Morgan fingerprint density at radius 1 is 0.939 bits per heavy atom. The van der Waals surface area contributed by atoms with Gasteiger partial charge in [-0.25, -0.2) is 9.07 Å². The van der Waals surface area contributed by atoms with E-state index < -0.39 is 11.7 Å². The third-order valence-electron chi connectivity index (χ3n) is 5.58. The van der Waals surface area contributed by atoms with Gasteiger partial charge >= 0.3 is 0 Å². The van der Waals surface area contributed by atoms with Crippen molar-refractivity contribution in [3.8, 4) is 0 Å². The summed E-state index contributed by atoms with van der Waals surface area (Å²) in [5.74, 6) is -0.117. The second-order valence-electron chi connectivity index (χ2n) is 8.09. The Balaban J connectivity index is 1.50. The van der Waals surface area contributed by atoms with Crippen LogP contribution in [0, 0.1) is 19.7 Å². The Hall–Kier alpha value is -4.26.